The zero-order valence-corrected chi connectivity index (χ0v) is 12.1. The summed E-state index contributed by atoms with van der Waals surface area (Å²) in [4.78, 5) is 18.4. The van der Waals surface area contributed by atoms with Gasteiger partial charge in [0.2, 0.25) is 0 Å². The lowest BCUT2D eigenvalue weighted by molar-refractivity contribution is 0.0786. The Hall–Kier alpha value is -0.810. The van der Waals surface area contributed by atoms with Gasteiger partial charge in [-0.15, -0.1) is 0 Å². The van der Waals surface area contributed by atoms with E-state index in [2.05, 4.69) is 9.80 Å². The first-order valence-electron chi connectivity index (χ1n) is 7.66. The first-order chi connectivity index (χ1) is 9.29. The highest BCUT2D eigenvalue weighted by atomic mass is 16.6. The van der Waals surface area contributed by atoms with Crippen LogP contribution in [0.5, 0.6) is 0 Å². The molecule has 0 radical (unpaired) electrons. The van der Waals surface area contributed by atoms with Gasteiger partial charge in [-0.25, -0.2) is 4.79 Å². The van der Waals surface area contributed by atoms with Crippen LogP contribution in [-0.2, 0) is 4.74 Å². The molecule has 0 saturated carbocycles. The zero-order valence-electron chi connectivity index (χ0n) is 12.1. The molecule has 0 aliphatic carbocycles. The molecule has 19 heavy (non-hydrogen) atoms. The van der Waals surface area contributed by atoms with Gasteiger partial charge in [-0.05, 0) is 52.4 Å². The van der Waals surface area contributed by atoms with E-state index in [-0.39, 0.29) is 6.09 Å². The average molecular weight is 269 g/mol. The maximum atomic E-state index is 11.6. The van der Waals surface area contributed by atoms with Gasteiger partial charge in [0.25, 0.3) is 0 Å². The average Bonchev–Trinajstić information content (AvgIpc) is 2.93. The first kappa shape index (κ1) is 14.6. The predicted molar refractivity (Wildman–Crippen MR) is 75.3 cm³/mol. The third-order valence-corrected chi connectivity index (χ3v) is 4.05. The number of carbonyl (C=O) groups excluding carboxylic acids is 1. The van der Waals surface area contributed by atoms with Crippen LogP contribution in [0.2, 0.25) is 0 Å². The maximum Gasteiger partial charge on any atom is 0.409 e. The number of nitrogens with zero attached hydrogens (tertiary/aromatic N) is 3. The summed E-state index contributed by atoms with van der Waals surface area (Å²) in [6.45, 7) is 10.9. The molecule has 5 nitrogen and oxygen atoms in total. The number of likely N-dealkylation sites (tertiary alicyclic amines) is 1. The highest BCUT2D eigenvalue weighted by molar-refractivity contribution is 5.67. The number of amides is 1. The Morgan fingerprint density at radius 1 is 0.947 bits per heavy atom. The lowest BCUT2D eigenvalue weighted by atomic mass is 10.3. The van der Waals surface area contributed by atoms with Crippen molar-refractivity contribution >= 4 is 6.09 Å². The molecule has 0 bridgehead atoms. The SMILES string of the molecule is CCOC(=O)N1CCN(CCCN2CCCC2)CC1. The van der Waals surface area contributed by atoms with Crippen molar-refractivity contribution < 1.29 is 9.53 Å². The summed E-state index contributed by atoms with van der Waals surface area (Å²) in [7, 11) is 0. The van der Waals surface area contributed by atoms with E-state index in [1.54, 1.807) is 0 Å². The molecule has 0 spiro atoms. The van der Waals surface area contributed by atoms with Gasteiger partial charge in [0.1, 0.15) is 0 Å². The van der Waals surface area contributed by atoms with E-state index in [4.69, 9.17) is 4.74 Å². The molecule has 0 aromatic rings. The van der Waals surface area contributed by atoms with Gasteiger partial charge in [-0.3, -0.25) is 4.90 Å². The Bertz CT molecular complexity index is 272. The van der Waals surface area contributed by atoms with Gasteiger partial charge in [-0.1, -0.05) is 0 Å². The van der Waals surface area contributed by atoms with Crippen LogP contribution < -0.4 is 0 Å². The van der Waals surface area contributed by atoms with Crippen LogP contribution in [0.25, 0.3) is 0 Å². The zero-order chi connectivity index (χ0) is 13.5. The molecule has 0 aromatic carbocycles. The van der Waals surface area contributed by atoms with E-state index in [0.29, 0.717) is 6.61 Å². The van der Waals surface area contributed by atoms with Crippen LogP contribution in [0.3, 0.4) is 0 Å². The Labute approximate surface area is 116 Å². The van der Waals surface area contributed by atoms with E-state index >= 15 is 0 Å². The standard InChI is InChI=1S/C14H27N3O2/c1-2-19-14(18)17-12-10-16(11-13-17)9-5-8-15-6-3-4-7-15/h2-13H2,1H3. The molecular formula is C14H27N3O2. The topological polar surface area (TPSA) is 36.0 Å². The molecular weight excluding hydrogens is 242 g/mol. The Balaban J connectivity index is 1.56. The second kappa shape index (κ2) is 7.70. The van der Waals surface area contributed by atoms with E-state index in [9.17, 15) is 4.79 Å². The molecule has 5 heteroatoms. The number of piperazine rings is 1. The third kappa shape index (κ3) is 4.66. The van der Waals surface area contributed by atoms with Gasteiger partial charge in [0.15, 0.2) is 0 Å². The summed E-state index contributed by atoms with van der Waals surface area (Å²) in [6, 6.07) is 0. The number of carbonyl (C=O) groups is 1. The van der Waals surface area contributed by atoms with Crippen LogP contribution in [0.1, 0.15) is 26.2 Å². The molecule has 2 saturated heterocycles. The van der Waals surface area contributed by atoms with Crippen LogP contribution in [0.15, 0.2) is 0 Å². The van der Waals surface area contributed by atoms with Crippen molar-refractivity contribution in [3.8, 4) is 0 Å². The minimum absolute atomic E-state index is 0.154. The summed E-state index contributed by atoms with van der Waals surface area (Å²) in [5, 5.41) is 0. The van der Waals surface area contributed by atoms with E-state index in [1.165, 1.54) is 38.9 Å². The van der Waals surface area contributed by atoms with Crippen molar-refractivity contribution in [1.29, 1.82) is 0 Å². The molecule has 0 atom stereocenters. The maximum absolute atomic E-state index is 11.6. The summed E-state index contributed by atoms with van der Waals surface area (Å²) in [5.74, 6) is 0. The quantitative estimate of drug-likeness (QED) is 0.752. The summed E-state index contributed by atoms with van der Waals surface area (Å²) in [6.07, 6.45) is 3.84. The van der Waals surface area contributed by atoms with Crippen molar-refractivity contribution in [2.45, 2.75) is 26.2 Å². The van der Waals surface area contributed by atoms with Gasteiger partial charge < -0.3 is 14.5 Å². The van der Waals surface area contributed by atoms with E-state index < -0.39 is 0 Å². The second-order valence-corrected chi connectivity index (χ2v) is 5.43. The van der Waals surface area contributed by atoms with E-state index in [0.717, 1.165) is 32.7 Å². The number of hydrogen-bond acceptors (Lipinski definition) is 4. The normalized spacial score (nSPS) is 21.8. The first-order valence-corrected chi connectivity index (χ1v) is 7.66. The Kier molecular flexibility index (Phi) is 5.92. The number of ether oxygens (including phenoxy) is 1. The van der Waals surface area contributed by atoms with E-state index in [1.807, 2.05) is 11.8 Å². The van der Waals surface area contributed by atoms with Crippen LogP contribution >= 0.6 is 0 Å². The molecule has 0 unspecified atom stereocenters. The molecule has 2 heterocycles. The molecule has 1 amide bonds. The lowest BCUT2D eigenvalue weighted by Crippen LogP contribution is -2.49. The van der Waals surface area contributed by atoms with Crippen molar-refractivity contribution in [3.05, 3.63) is 0 Å². The monoisotopic (exact) mass is 269 g/mol. The lowest BCUT2D eigenvalue weighted by Gasteiger charge is -2.34. The molecule has 2 aliphatic heterocycles. The molecule has 0 aromatic heterocycles. The smallest absolute Gasteiger partial charge is 0.409 e. The van der Waals surface area contributed by atoms with Crippen molar-refractivity contribution in [3.63, 3.8) is 0 Å². The Morgan fingerprint density at radius 2 is 1.53 bits per heavy atom. The fourth-order valence-electron chi connectivity index (χ4n) is 2.89. The highest BCUT2D eigenvalue weighted by Gasteiger charge is 2.21. The Morgan fingerprint density at radius 3 is 2.11 bits per heavy atom. The van der Waals surface area contributed by atoms with Crippen molar-refractivity contribution in [2.24, 2.45) is 0 Å². The molecule has 110 valence electrons. The number of hydrogen-bond donors (Lipinski definition) is 0. The minimum atomic E-state index is -0.154. The van der Waals surface area contributed by atoms with Crippen LogP contribution in [0.4, 0.5) is 4.79 Å². The van der Waals surface area contributed by atoms with Gasteiger partial charge in [-0.2, -0.15) is 0 Å². The largest absolute Gasteiger partial charge is 0.450 e. The molecule has 2 rings (SSSR count). The fourth-order valence-corrected chi connectivity index (χ4v) is 2.89. The second-order valence-electron chi connectivity index (χ2n) is 5.43. The molecule has 0 N–H and O–H groups in total. The minimum Gasteiger partial charge on any atom is -0.450 e. The van der Waals surface area contributed by atoms with Gasteiger partial charge >= 0.3 is 6.09 Å². The van der Waals surface area contributed by atoms with Gasteiger partial charge in [0.05, 0.1) is 6.61 Å². The van der Waals surface area contributed by atoms with Crippen LogP contribution in [0, 0.1) is 0 Å². The predicted octanol–water partition coefficient (Wildman–Crippen LogP) is 1.25. The van der Waals surface area contributed by atoms with Crippen molar-refractivity contribution in [2.75, 3.05) is 59.0 Å². The summed E-state index contributed by atoms with van der Waals surface area (Å²) < 4.78 is 5.03. The fraction of sp³-hybridized carbons (Fsp3) is 0.929. The number of rotatable bonds is 5. The molecule has 2 fully saturated rings. The highest BCUT2D eigenvalue weighted by Crippen LogP contribution is 2.09. The summed E-state index contributed by atoms with van der Waals surface area (Å²) >= 11 is 0. The van der Waals surface area contributed by atoms with Crippen LogP contribution in [-0.4, -0.2) is 79.8 Å². The van der Waals surface area contributed by atoms with Gasteiger partial charge in [0, 0.05) is 26.2 Å². The third-order valence-electron chi connectivity index (χ3n) is 4.05. The van der Waals surface area contributed by atoms with Crippen molar-refractivity contribution in [1.82, 2.24) is 14.7 Å². The summed E-state index contributed by atoms with van der Waals surface area (Å²) in [5.41, 5.74) is 0. The molecule has 2 aliphatic rings.